The van der Waals surface area contributed by atoms with E-state index in [1.807, 2.05) is 59.2 Å². The van der Waals surface area contributed by atoms with Crippen molar-refractivity contribution in [2.45, 2.75) is 11.6 Å². The number of amides is 2. The predicted octanol–water partition coefficient (Wildman–Crippen LogP) is 5.91. The molecule has 0 aliphatic rings. The number of aromatic nitrogens is 3. The Morgan fingerprint density at radius 1 is 0.897 bits per heavy atom. The van der Waals surface area contributed by atoms with Crippen LogP contribution in [0.1, 0.15) is 17.0 Å². The molecule has 3 aromatic carbocycles. The molecule has 0 fully saturated rings. The Morgan fingerprint density at radius 2 is 1.67 bits per heavy atom. The number of ether oxygens (including phenoxy) is 1. The van der Waals surface area contributed by atoms with E-state index in [-0.39, 0.29) is 24.0 Å². The fourth-order valence-corrected chi connectivity index (χ4v) is 4.79. The van der Waals surface area contributed by atoms with Gasteiger partial charge in [-0.2, -0.15) is 0 Å². The number of nitrogens with zero attached hydrogens (tertiary/aromatic N) is 3. The van der Waals surface area contributed by atoms with Crippen LogP contribution in [0, 0.1) is 0 Å². The second-order valence-corrected chi connectivity index (χ2v) is 9.40. The first-order valence-corrected chi connectivity index (χ1v) is 13.1. The smallest absolute Gasteiger partial charge is 0.291 e. The fraction of sp³-hybridized carbons (Fsp3) is 0.103. The molecule has 0 atom stereocenters. The molecule has 2 amide bonds. The van der Waals surface area contributed by atoms with Gasteiger partial charge in [-0.1, -0.05) is 60.3 Å². The molecule has 196 valence electrons. The average molecular weight is 540 g/mol. The summed E-state index contributed by atoms with van der Waals surface area (Å²) >= 11 is 1.43. The van der Waals surface area contributed by atoms with Gasteiger partial charge in [0, 0.05) is 29.1 Å². The first kappa shape index (κ1) is 25.8. The standard InChI is InChI=1S/C29H25N5O4S/c1-37-24-14-6-5-13-23(24)34-27(20-9-3-2-4-10-20)32-33-29(34)39-18-16-26(35)30-21-11-7-12-22(19-21)31-28(36)25-15-8-17-38-25/h2-15,17,19H,16,18H2,1H3,(H,30,35)(H,31,36). The second kappa shape index (κ2) is 12.1. The maximum absolute atomic E-state index is 12.7. The summed E-state index contributed by atoms with van der Waals surface area (Å²) in [5.74, 6) is 1.52. The molecule has 5 aromatic rings. The van der Waals surface area contributed by atoms with Gasteiger partial charge in [-0.25, -0.2) is 0 Å². The van der Waals surface area contributed by atoms with E-state index in [1.165, 1.54) is 18.0 Å². The first-order chi connectivity index (χ1) is 19.1. The van der Waals surface area contributed by atoms with Gasteiger partial charge in [-0.3, -0.25) is 14.2 Å². The van der Waals surface area contributed by atoms with Crippen molar-refractivity contribution in [1.82, 2.24) is 14.8 Å². The molecule has 9 nitrogen and oxygen atoms in total. The number of rotatable bonds is 10. The van der Waals surface area contributed by atoms with E-state index in [4.69, 9.17) is 9.15 Å². The second-order valence-electron chi connectivity index (χ2n) is 8.34. The molecule has 0 spiro atoms. The van der Waals surface area contributed by atoms with Crippen LogP contribution >= 0.6 is 11.8 Å². The number of nitrogens with one attached hydrogen (secondary N) is 2. The van der Waals surface area contributed by atoms with Crippen LogP contribution in [0.4, 0.5) is 11.4 Å². The molecule has 0 unspecified atom stereocenters. The number of para-hydroxylation sites is 2. The maximum Gasteiger partial charge on any atom is 0.291 e. The summed E-state index contributed by atoms with van der Waals surface area (Å²) in [6.45, 7) is 0. The Kier molecular flexibility index (Phi) is 8.03. The third kappa shape index (κ3) is 6.19. The number of carbonyl (C=O) groups excluding carboxylic acids is 2. The third-order valence-electron chi connectivity index (χ3n) is 5.70. The predicted molar refractivity (Wildman–Crippen MR) is 150 cm³/mol. The largest absolute Gasteiger partial charge is 0.495 e. The normalized spacial score (nSPS) is 10.7. The molecular formula is C29H25N5O4S. The molecule has 2 heterocycles. The summed E-state index contributed by atoms with van der Waals surface area (Å²) in [4.78, 5) is 24.9. The van der Waals surface area contributed by atoms with Crippen LogP contribution in [0.3, 0.4) is 0 Å². The highest BCUT2D eigenvalue weighted by molar-refractivity contribution is 7.99. The van der Waals surface area contributed by atoms with Crippen LogP contribution in [0.25, 0.3) is 17.1 Å². The van der Waals surface area contributed by atoms with Crippen LogP contribution in [0.15, 0.2) is 107 Å². The summed E-state index contributed by atoms with van der Waals surface area (Å²) in [7, 11) is 1.62. The van der Waals surface area contributed by atoms with Gasteiger partial charge in [0.1, 0.15) is 5.75 Å². The van der Waals surface area contributed by atoms with Crippen LogP contribution in [0.2, 0.25) is 0 Å². The van der Waals surface area contributed by atoms with E-state index in [9.17, 15) is 9.59 Å². The quantitative estimate of drug-likeness (QED) is 0.212. The van der Waals surface area contributed by atoms with Crippen molar-refractivity contribution in [3.8, 4) is 22.8 Å². The SMILES string of the molecule is COc1ccccc1-n1c(SCCC(=O)Nc2cccc(NC(=O)c3ccco3)c2)nnc1-c1ccccc1. The molecule has 0 saturated carbocycles. The van der Waals surface area contributed by atoms with Gasteiger partial charge in [0.15, 0.2) is 16.7 Å². The minimum atomic E-state index is -0.367. The monoisotopic (exact) mass is 539 g/mol. The number of hydrogen-bond acceptors (Lipinski definition) is 7. The Labute approximate surface area is 229 Å². The molecule has 0 radical (unpaired) electrons. The van der Waals surface area contributed by atoms with Crippen molar-refractivity contribution in [2.75, 3.05) is 23.5 Å². The number of anilines is 2. The fourth-order valence-electron chi connectivity index (χ4n) is 3.90. The molecule has 2 aromatic heterocycles. The van der Waals surface area contributed by atoms with Gasteiger partial charge in [-0.15, -0.1) is 10.2 Å². The lowest BCUT2D eigenvalue weighted by molar-refractivity contribution is -0.115. The summed E-state index contributed by atoms with van der Waals surface area (Å²) in [5.41, 5.74) is 2.84. The van der Waals surface area contributed by atoms with Crippen molar-refractivity contribution in [2.24, 2.45) is 0 Å². The summed E-state index contributed by atoms with van der Waals surface area (Å²) < 4.78 is 12.7. The van der Waals surface area contributed by atoms with Crippen molar-refractivity contribution < 1.29 is 18.7 Å². The molecule has 0 aliphatic carbocycles. The lowest BCUT2D eigenvalue weighted by Gasteiger charge is -2.14. The first-order valence-electron chi connectivity index (χ1n) is 12.1. The zero-order chi connectivity index (χ0) is 27.0. The molecule has 0 aliphatic heterocycles. The van der Waals surface area contributed by atoms with Gasteiger partial charge in [0.25, 0.3) is 5.91 Å². The van der Waals surface area contributed by atoms with E-state index in [1.54, 1.807) is 43.5 Å². The topological polar surface area (TPSA) is 111 Å². The number of thioether (sulfide) groups is 1. The highest BCUT2D eigenvalue weighted by Gasteiger charge is 2.19. The average Bonchev–Trinajstić information content (AvgIpc) is 3.65. The Morgan fingerprint density at radius 3 is 2.44 bits per heavy atom. The van der Waals surface area contributed by atoms with Gasteiger partial charge in [-0.05, 0) is 42.5 Å². The summed E-state index contributed by atoms with van der Waals surface area (Å²) in [6.07, 6.45) is 1.68. The van der Waals surface area contributed by atoms with Crippen molar-refractivity contribution in [1.29, 1.82) is 0 Å². The highest BCUT2D eigenvalue weighted by Crippen LogP contribution is 2.32. The highest BCUT2D eigenvalue weighted by atomic mass is 32.2. The van der Waals surface area contributed by atoms with Crippen molar-refractivity contribution in [3.63, 3.8) is 0 Å². The van der Waals surface area contributed by atoms with Crippen molar-refractivity contribution in [3.05, 3.63) is 103 Å². The molecule has 10 heteroatoms. The lowest BCUT2D eigenvalue weighted by atomic mass is 10.2. The van der Waals surface area contributed by atoms with Gasteiger partial charge >= 0.3 is 0 Å². The van der Waals surface area contributed by atoms with E-state index in [0.717, 1.165) is 11.3 Å². The van der Waals surface area contributed by atoms with Crippen LogP contribution in [-0.2, 0) is 4.79 Å². The van der Waals surface area contributed by atoms with E-state index in [0.29, 0.717) is 33.9 Å². The lowest BCUT2D eigenvalue weighted by Crippen LogP contribution is -2.14. The Balaban J connectivity index is 1.26. The van der Waals surface area contributed by atoms with Crippen LogP contribution < -0.4 is 15.4 Å². The Bertz CT molecular complexity index is 1570. The minimum absolute atomic E-state index is 0.163. The number of furan rings is 1. The number of hydrogen-bond donors (Lipinski definition) is 2. The molecule has 0 bridgehead atoms. The van der Waals surface area contributed by atoms with E-state index >= 15 is 0 Å². The minimum Gasteiger partial charge on any atom is -0.495 e. The van der Waals surface area contributed by atoms with Gasteiger partial charge in [0.05, 0.1) is 19.1 Å². The van der Waals surface area contributed by atoms with Crippen molar-refractivity contribution >= 4 is 35.0 Å². The molecule has 2 N–H and O–H groups in total. The third-order valence-corrected chi connectivity index (χ3v) is 6.63. The molecule has 5 rings (SSSR count). The summed E-state index contributed by atoms with van der Waals surface area (Å²) in [5, 5.41) is 15.2. The zero-order valence-corrected chi connectivity index (χ0v) is 21.9. The zero-order valence-electron chi connectivity index (χ0n) is 21.0. The molecule has 39 heavy (non-hydrogen) atoms. The number of methoxy groups -OCH3 is 1. The van der Waals surface area contributed by atoms with E-state index in [2.05, 4.69) is 20.8 Å². The summed E-state index contributed by atoms with van der Waals surface area (Å²) in [6, 6.07) is 27.6. The Hall–Kier alpha value is -4.83. The van der Waals surface area contributed by atoms with Crippen LogP contribution in [0.5, 0.6) is 5.75 Å². The number of benzene rings is 3. The van der Waals surface area contributed by atoms with Gasteiger partial charge < -0.3 is 19.8 Å². The van der Waals surface area contributed by atoms with Crippen LogP contribution in [-0.4, -0.2) is 39.4 Å². The molecule has 0 saturated heterocycles. The van der Waals surface area contributed by atoms with E-state index < -0.39 is 0 Å². The molecular weight excluding hydrogens is 514 g/mol. The number of carbonyl (C=O) groups is 2. The maximum atomic E-state index is 12.7. The van der Waals surface area contributed by atoms with Gasteiger partial charge in [0.2, 0.25) is 5.91 Å².